The fraction of sp³-hybridized carbons (Fsp3) is 0.250. The maximum atomic E-state index is 12.9. The first kappa shape index (κ1) is 15.7. The van der Waals surface area contributed by atoms with Crippen molar-refractivity contribution in [1.82, 2.24) is 10.2 Å². The van der Waals surface area contributed by atoms with E-state index in [1.807, 2.05) is 30.3 Å². The second-order valence-corrected chi connectivity index (χ2v) is 8.07. The highest BCUT2D eigenvalue weighted by atomic mass is 32.1. The molecule has 0 unspecified atom stereocenters. The number of carbonyl (C=O) groups excluding carboxylic acids is 1. The third kappa shape index (κ3) is 2.29. The minimum absolute atomic E-state index is 0.0573. The lowest BCUT2D eigenvalue weighted by atomic mass is 9.98. The predicted molar refractivity (Wildman–Crippen MR) is 104 cm³/mol. The Labute approximate surface area is 155 Å². The lowest BCUT2D eigenvalue weighted by molar-refractivity contribution is 0.0935. The fourth-order valence-corrected chi connectivity index (χ4v) is 5.33. The van der Waals surface area contributed by atoms with Gasteiger partial charge in [-0.15, -0.1) is 11.3 Å². The van der Waals surface area contributed by atoms with Gasteiger partial charge in [-0.05, 0) is 35.9 Å². The van der Waals surface area contributed by atoms with Crippen molar-refractivity contribution in [2.24, 2.45) is 0 Å². The SMILES string of the molecule is CN1CCc2c(sc3c2C(=O)N[C@H](c2c(O)ccc4ccccc24)N3)C1. The Bertz CT molecular complexity index is 1040. The van der Waals surface area contributed by atoms with Crippen LogP contribution in [0, 0.1) is 0 Å². The molecule has 6 heteroatoms. The minimum atomic E-state index is -0.445. The zero-order valence-electron chi connectivity index (χ0n) is 14.4. The number of anilines is 1. The average Bonchev–Trinajstić information content (AvgIpc) is 2.99. The summed E-state index contributed by atoms with van der Waals surface area (Å²) in [5, 5.41) is 19.9. The van der Waals surface area contributed by atoms with Crippen LogP contribution < -0.4 is 10.6 Å². The Kier molecular flexibility index (Phi) is 3.45. The highest BCUT2D eigenvalue weighted by molar-refractivity contribution is 7.16. The summed E-state index contributed by atoms with van der Waals surface area (Å²) in [6, 6.07) is 11.5. The maximum Gasteiger partial charge on any atom is 0.256 e. The molecule has 0 fully saturated rings. The van der Waals surface area contributed by atoms with Crippen molar-refractivity contribution in [3.05, 3.63) is 58.0 Å². The summed E-state index contributed by atoms with van der Waals surface area (Å²) in [4.78, 5) is 16.4. The molecule has 2 aliphatic rings. The molecule has 26 heavy (non-hydrogen) atoms. The van der Waals surface area contributed by atoms with Crippen LogP contribution in [-0.4, -0.2) is 29.5 Å². The summed E-state index contributed by atoms with van der Waals surface area (Å²) in [6.07, 6.45) is 0.454. The third-order valence-electron chi connectivity index (χ3n) is 5.26. The van der Waals surface area contributed by atoms with Gasteiger partial charge in [0.2, 0.25) is 0 Å². The molecule has 3 N–H and O–H groups in total. The van der Waals surface area contributed by atoms with E-state index >= 15 is 0 Å². The van der Waals surface area contributed by atoms with E-state index in [9.17, 15) is 9.90 Å². The van der Waals surface area contributed by atoms with E-state index in [4.69, 9.17) is 0 Å². The predicted octanol–water partition coefficient (Wildman–Crippen LogP) is 3.45. The number of phenols is 1. The van der Waals surface area contributed by atoms with E-state index in [0.717, 1.165) is 40.8 Å². The number of nitrogens with one attached hydrogen (secondary N) is 2. The van der Waals surface area contributed by atoms with Gasteiger partial charge in [0.15, 0.2) is 0 Å². The Morgan fingerprint density at radius 3 is 2.92 bits per heavy atom. The van der Waals surface area contributed by atoms with Crippen molar-refractivity contribution >= 4 is 33.0 Å². The molecule has 3 aromatic rings. The number of fused-ring (bicyclic) bond motifs is 4. The van der Waals surface area contributed by atoms with Crippen molar-refractivity contribution in [3.8, 4) is 5.75 Å². The van der Waals surface area contributed by atoms with Crippen LogP contribution in [0.5, 0.6) is 5.75 Å². The number of rotatable bonds is 1. The summed E-state index contributed by atoms with van der Waals surface area (Å²) in [5.74, 6) is 0.129. The molecule has 3 heterocycles. The minimum Gasteiger partial charge on any atom is -0.507 e. The molecule has 5 nitrogen and oxygen atoms in total. The van der Waals surface area contributed by atoms with Gasteiger partial charge in [-0.2, -0.15) is 0 Å². The lowest BCUT2D eigenvalue weighted by Crippen LogP contribution is -2.38. The zero-order valence-corrected chi connectivity index (χ0v) is 15.2. The number of nitrogens with zero attached hydrogens (tertiary/aromatic N) is 1. The molecule has 0 radical (unpaired) electrons. The number of benzene rings is 2. The number of hydrogen-bond acceptors (Lipinski definition) is 5. The van der Waals surface area contributed by atoms with Crippen molar-refractivity contribution in [3.63, 3.8) is 0 Å². The third-order valence-corrected chi connectivity index (χ3v) is 6.41. The summed E-state index contributed by atoms with van der Waals surface area (Å²) >= 11 is 1.66. The first-order chi connectivity index (χ1) is 12.6. The monoisotopic (exact) mass is 365 g/mol. The molecule has 2 aromatic carbocycles. The summed E-state index contributed by atoms with van der Waals surface area (Å²) in [7, 11) is 2.10. The average molecular weight is 365 g/mol. The van der Waals surface area contributed by atoms with Gasteiger partial charge in [0.05, 0.1) is 5.56 Å². The normalized spacial score (nSPS) is 19.6. The highest BCUT2D eigenvalue weighted by Gasteiger charge is 2.34. The van der Waals surface area contributed by atoms with Gasteiger partial charge >= 0.3 is 0 Å². The molecular formula is C20H19N3O2S. The molecule has 0 aliphatic carbocycles. The molecular weight excluding hydrogens is 346 g/mol. The Hall–Kier alpha value is -2.57. The number of carbonyl (C=O) groups is 1. The number of amides is 1. The standard InChI is InChI=1S/C20H19N3O2S/c1-23-9-8-13-15(10-23)26-20-17(13)19(25)21-18(22-20)16-12-5-3-2-4-11(12)6-7-14(16)24/h2-7,18,22,24H,8-10H2,1H3,(H,21,25)/t18-/m0/s1. The number of phenolic OH excluding ortho intramolecular Hbond substituents is 1. The fourth-order valence-electron chi connectivity index (χ4n) is 3.98. The number of hydrogen-bond donors (Lipinski definition) is 3. The molecule has 0 saturated heterocycles. The van der Waals surface area contributed by atoms with Crippen LogP contribution in [0.2, 0.25) is 0 Å². The molecule has 1 amide bonds. The number of aromatic hydroxyl groups is 1. The smallest absolute Gasteiger partial charge is 0.256 e. The zero-order chi connectivity index (χ0) is 17.8. The van der Waals surface area contributed by atoms with Crippen molar-refractivity contribution in [2.75, 3.05) is 18.9 Å². The van der Waals surface area contributed by atoms with Crippen LogP contribution in [-0.2, 0) is 13.0 Å². The molecule has 132 valence electrons. The number of thiophene rings is 1. The number of likely N-dealkylation sites (N-methyl/N-ethyl adjacent to an activating group) is 1. The van der Waals surface area contributed by atoms with E-state index in [2.05, 4.69) is 22.6 Å². The van der Waals surface area contributed by atoms with Crippen LogP contribution in [0.1, 0.15) is 32.5 Å². The van der Waals surface area contributed by atoms with Crippen molar-refractivity contribution < 1.29 is 9.90 Å². The van der Waals surface area contributed by atoms with Gasteiger partial charge in [0.1, 0.15) is 16.9 Å². The first-order valence-corrected chi connectivity index (χ1v) is 9.54. The second kappa shape index (κ2) is 5.72. The van der Waals surface area contributed by atoms with Crippen molar-refractivity contribution in [2.45, 2.75) is 19.1 Å². The van der Waals surface area contributed by atoms with Crippen molar-refractivity contribution in [1.29, 1.82) is 0 Å². The van der Waals surface area contributed by atoms with Gasteiger partial charge in [0.25, 0.3) is 5.91 Å². The Morgan fingerprint density at radius 1 is 1.19 bits per heavy atom. The van der Waals surface area contributed by atoms with E-state index < -0.39 is 6.17 Å². The summed E-state index contributed by atoms with van der Waals surface area (Å²) in [5.41, 5.74) is 2.67. The topological polar surface area (TPSA) is 64.6 Å². The largest absolute Gasteiger partial charge is 0.507 e. The molecule has 5 rings (SSSR count). The van der Waals surface area contributed by atoms with E-state index in [1.165, 1.54) is 10.4 Å². The molecule has 1 aromatic heterocycles. The Morgan fingerprint density at radius 2 is 2.04 bits per heavy atom. The van der Waals surface area contributed by atoms with Gasteiger partial charge in [-0.1, -0.05) is 30.3 Å². The molecule has 0 bridgehead atoms. The van der Waals surface area contributed by atoms with Gasteiger partial charge in [-0.25, -0.2) is 0 Å². The van der Waals surface area contributed by atoms with Gasteiger partial charge < -0.3 is 20.6 Å². The van der Waals surface area contributed by atoms with E-state index in [1.54, 1.807) is 17.4 Å². The van der Waals surface area contributed by atoms with Crippen LogP contribution >= 0.6 is 11.3 Å². The van der Waals surface area contributed by atoms with Crippen LogP contribution in [0.15, 0.2) is 36.4 Å². The van der Waals surface area contributed by atoms with E-state index in [-0.39, 0.29) is 11.7 Å². The molecule has 2 aliphatic heterocycles. The molecule has 1 atom stereocenters. The molecule has 0 spiro atoms. The molecule has 0 saturated carbocycles. The van der Waals surface area contributed by atoms with Crippen LogP contribution in [0.4, 0.5) is 5.00 Å². The maximum absolute atomic E-state index is 12.9. The van der Waals surface area contributed by atoms with E-state index in [0.29, 0.717) is 5.56 Å². The summed E-state index contributed by atoms with van der Waals surface area (Å²) < 4.78 is 0. The van der Waals surface area contributed by atoms with Crippen LogP contribution in [0.25, 0.3) is 10.8 Å². The lowest BCUT2D eigenvalue weighted by Gasteiger charge is -2.28. The quantitative estimate of drug-likeness (QED) is 0.618. The van der Waals surface area contributed by atoms with Crippen LogP contribution in [0.3, 0.4) is 0 Å². The van der Waals surface area contributed by atoms with Gasteiger partial charge in [0, 0.05) is 23.5 Å². The second-order valence-electron chi connectivity index (χ2n) is 6.97. The highest BCUT2D eigenvalue weighted by Crippen LogP contribution is 2.42. The first-order valence-electron chi connectivity index (χ1n) is 8.73. The summed E-state index contributed by atoms with van der Waals surface area (Å²) in [6.45, 7) is 1.85. The Balaban J connectivity index is 1.61. The van der Waals surface area contributed by atoms with Gasteiger partial charge in [-0.3, -0.25) is 4.79 Å².